The van der Waals surface area contributed by atoms with Crippen LogP contribution in [-0.2, 0) is 6.61 Å². The highest BCUT2D eigenvalue weighted by molar-refractivity contribution is 6.35. The van der Waals surface area contributed by atoms with Crippen molar-refractivity contribution in [1.29, 1.82) is 0 Å². The zero-order chi connectivity index (χ0) is 21.3. The van der Waals surface area contributed by atoms with Gasteiger partial charge in [0.25, 0.3) is 0 Å². The van der Waals surface area contributed by atoms with Crippen LogP contribution in [0.2, 0.25) is 10.0 Å². The van der Waals surface area contributed by atoms with E-state index >= 15 is 0 Å². The van der Waals surface area contributed by atoms with Crippen molar-refractivity contribution in [2.24, 2.45) is 0 Å². The molecule has 0 fully saturated rings. The van der Waals surface area contributed by atoms with Gasteiger partial charge in [-0.2, -0.15) is 0 Å². The first-order valence-electron chi connectivity index (χ1n) is 8.56. The molecule has 0 atom stereocenters. The standard InChI is InChI=1S/C20H12Cl2F3N3O2/c21-14-5-4-13(16(22)9-14)11-29-19-7-6-18-26-10-17(28(18)27-19)12-2-1-3-15(8-12)30-20(23,24)25/h1-10H,11H2. The van der Waals surface area contributed by atoms with Gasteiger partial charge in [0.1, 0.15) is 12.4 Å². The molecule has 10 heteroatoms. The predicted octanol–water partition coefficient (Wildman–Crippen LogP) is 6.18. The minimum atomic E-state index is -4.78. The molecule has 0 aliphatic heterocycles. The van der Waals surface area contributed by atoms with Gasteiger partial charge in [0.15, 0.2) is 5.65 Å². The molecule has 0 unspecified atom stereocenters. The van der Waals surface area contributed by atoms with Gasteiger partial charge < -0.3 is 9.47 Å². The van der Waals surface area contributed by atoms with Crippen molar-refractivity contribution in [2.45, 2.75) is 13.0 Å². The quantitative estimate of drug-likeness (QED) is 0.361. The lowest BCUT2D eigenvalue weighted by atomic mass is 10.1. The molecule has 0 saturated carbocycles. The summed E-state index contributed by atoms with van der Waals surface area (Å²) in [7, 11) is 0. The largest absolute Gasteiger partial charge is 0.573 e. The van der Waals surface area contributed by atoms with Crippen molar-refractivity contribution < 1.29 is 22.6 Å². The monoisotopic (exact) mass is 453 g/mol. The van der Waals surface area contributed by atoms with Gasteiger partial charge in [0, 0.05) is 27.2 Å². The molecule has 2 heterocycles. The summed E-state index contributed by atoms with van der Waals surface area (Å²) in [6, 6.07) is 14.0. The summed E-state index contributed by atoms with van der Waals surface area (Å²) in [6.45, 7) is 0.160. The first-order valence-corrected chi connectivity index (χ1v) is 9.32. The highest BCUT2D eigenvalue weighted by atomic mass is 35.5. The Morgan fingerprint density at radius 3 is 2.60 bits per heavy atom. The van der Waals surface area contributed by atoms with Crippen LogP contribution in [0.1, 0.15) is 5.56 Å². The van der Waals surface area contributed by atoms with Crippen LogP contribution < -0.4 is 9.47 Å². The summed E-state index contributed by atoms with van der Waals surface area (Å²) >= 11 is 12.0. The molecule has 2 aromatic heterocycles. The molecule has 0 N–H and O–H groups in total. The van der Waals surface area contributed by atoms with E-state index in [9.17, 15) is 13.2 Å². The lowest BCUT2D eigenvalue weighted by Crippen LogP contribution is -2.17. The van der Waals surface area contributed by atoms with Crippen molar-refractivity contribution >= 4 is 28.8 Å². The van der Waals surface area contributed by atoms with Gasteiger partial charge in [-0.3, -0.25) is 0 Å². The van der Waals surface area contributed by atoms with Crippen LogP contribution in [0.15, 0.2) is 60.8 Å². The van der Waals surface area contributed by atoms with Crippen molar-refractivity contribution in [3.8, 4) is 22.9 Å². The van der Waals surface area contributed by atoms with Gasteiger partial charge in [0.05, 0.1) is 11.9 Å². The number of alkyl halides is 3. The van der Waals surface area contributed by atoms with Crippen molar-refractivity contribution in [3.63, 3.8) is 0 Å². The smallest absolute Gasteiger partial charge is 0.472 e. The van der Waals surface area contributed by atoms with E-state index in [1.165, 1.54) is 28.9 Å². The summed E-state index contributed by atoms with van der Waals surface area (Å²) in [4.78, 5) is 4.23. The Bertz CT molecular complexity index is 1210. The average Bonchev–Trinajstić information content (AvgIpc) is 3.09. The van der Waals surface area contributed by atoms with E-state index in [4.69, 9.17) is 27.9 Å². The molecule has 0 aliphatic carbocycles. The minimum absolute atomic E-state index is 0.160. The first kappa shape index (κ1) is 20.3. The third-order valence-electron chi connectivity index (χ3n) is 4.09. The zero-order valence-electron chi connectivity index (χ0n) is 15.0. The molecule has 4 rings (SSSR count). The maximum absolute atomic E-state index is 12.5. The van der Waals surface area contributed by atoms with Gasteiger partial charge in [0.2, 0.25) is 5.88 Å². The van der Waals surface area contributed by atoms with Crippen LogP contribution in [0.3, 0.4) is 0 Å². The molecule has 4 aromatic rings. The summed E-state index contributed by atoms with van der Waals surface area (Å²) in [5.41, 5.74) is 2.16. The molecule has 0 spiro atoms. The molecule has 0 amide bonds. The molecule has 5 nitrogen and oxygen atoms in total. The molecule has 0 aliphatic rings. The highest BCUT2D eigenvalue weighted by Gasteiger charge is 2.31. The molecule has 154 valence electrons. The van der Waals surface area contributed by atoms with Crippen LogP contribution in [0.25, 0.3) is 16.9 Å². The Labute approximate surface area is 178 Å². The second-order valence-corrected chi connectivity index (χ2v) is 7.03. The number of rotatable bonds is 5. The molecule has 0 saturated heterocycles. The third-order valence-corrected chi connectivity index (χ3v) is 4.68. The Kier molecular flexibility index (Phi) is 5.44. The topological polar surface area (TPSA) is 48.7 Å². The van der Waals surface area contributed by atoms with E-state index < -0.39 is 6.36 Å². The molecule has 30 heavy (non-hydrogen) atoms. The summed E-state index contributed by atoms with van der Waals surface area (Å²) in [6.07, 6.45) is -3.27. The number of fused-ring (bicyclic) bond motifs is 1. The number of aromatic nitrogens is 3. The minimum Gasteiger partial charge on any atom is -0.472 e. The van der Waals surface area contributed by atoms with Gasteiger partial charge in [-0.1, -0.05) is 41.4 Å². The predicted molar refractivity (Wildman–Crippen MR) is 106 cm³/mol. The third kappa shape index (κ3) is 4.60. The lowest BCUT2D eigenvalue weighted by Gasteiger charge is -2.10. The fourth-order valence-corrected chi connectivity index (χ4v) is 3.24. The number of imidazole rings is 1. The maximum atomic E-state index is 12.5. The lowest BCUT2D eigenvalue weighted by molar-refractivity contribution is -0.274. The molecule has 0 radical (unpaired) electrons. The van der Waals surface area contributed by atoms with Crippen LogP contribution in [0.4, 0.5) is 13.2 Å². The SMILES string of the molecule is FC(F)(F)Oc1cccc(-c2cnc3ccc(OCc4ccc(Cl)cc4Cl)nn23)c1. The summed E-state index contributed by atoms with van der Waals surface area (Å²) in [5, 5.41) is 5.36. The first-order chi connectivity index (χ1) is 14.3. The van der Waals surface area contributed by atoms with Crippen molar-refractivity contribution in [2.75, 3.05) is 0 Å². The van der Waals surface area contributed by atoms with Gasteiger partial charge in [-0.05, 0) is 30.3 Å². The van der Waals surface area contributed by atoms with E-state index in [-0.39, 0.29) is 18.2 Å². The number of nitrogens with zero attached hydrogens (tertiary/aromatic N) is 3. The van der Waals surface area contributed by atoms with E-state index in [1.54, 1.807) is 36.4 Å². The Hall–Kier alpha value is -2.97. The van der Waals surface area contributed by atoms with Gasteiger partial charge in [-0.25, -0.2) is 9.50 Å². The number of hydrogen-bond donors (Lipinski definition) is 0. The fourth-order valence-electron chi connectivity index (χ4n) is 2.77. The van der Waals surface area contributed by atoms with Crippen molar-refractivity contribution in [1.82, 2.24) is 14.6 Å². The number of hydrogen-bond acceptors (Lipinski definition) is 4. The molecule has 0 bridgehead atoms. The van der Waals surface area contributed by atoms with Crippen LogP contribution in [0, 0.1) is 0 Å². The Morgan fingerprint density at radius 2 is 1.83 bits per heavy atom. The van der Waals surface area contributed by atoms with E-state index in [2.05, 4.69) is 14.8 Å². The average molecular weight is 454 g/mol. The molecule has 2 aromatic carbocycles. The fraction of sp³-hybridized carbons (Fsp3) is 0.100. The zero-order valence-corrected chi connectivity index (χ0v) is 16.5. The number of halogens is 5. The number of ether oxygens (including phenoxy) is 2. The normalized spacial score (nSPS) is 11.6. The van der Waals surface area contributed by atoms with Crippen LogP contribution in [-0.4, -0.2) is 21.0 Å². The van der Waals surface area contributed by atoms with Gasteiger partial charge in [-0.15, -0.1) is 18.3 Å². The van der Waals surface area contributed by atoms with E-state index in [1.807, 2.05) is 0 Å². The highest BCUT2D eigenvalue weighted by Crippen LogP contribution is 2.29. The molecular weight excluding hydrogens is 442 g/mol. The second-order valence-electron chi connectivity index (χ2n) is 6.19. The summed E-state index contributed by atoms with van der Waals surface area (Å²) < 4.78 is 48.7. The Morgan fingerprint density at radius 1 is 1.00 bits per heavy atom. The van der Waals surface area contributed by atoms with Gasteiger partial charge >= 0.3 is 6.36 Å². The van der Waals surface area contributed by atoms with E-state index in [0.29, 0.717) is 26.9 Å². The van der Waals surface area contributed by atoms with Crippen LogP contribution in [0.5, 0.6) is 11.6 Å². The second kappa shape index (κ2) is 8.04. The van der Waals surface area contributed by atoms with Crippen molar-refractivity contribution in [3.05, 3.63) is 76.4 Å². The summed E-state index contributed by atoms with van der Waals surface area (Å²) in [5.74, 6) is -0.0461. The maximum Gasteiger partial charge on any atom is 0.573 e. The Balaban J connectivity index is 1.61. The van der Waals surface area contributed by atoms with E-state index in [0.717, 1.165) is 5.56 Å². The molecular formula is C20H12Cl2F3N3O2. The van der Waals surface area contributed by atoms with Crippen LogP contribution >= 0.6 is 23.2 Å². The number of benzene rings is 2.